The van der Waals surface area contributed by atoms with Crippen molar-refractivity contribution in [1.82, 2.24) is 0 Å². The minimum absolute atomic E-state index is 0.0650. The Balaban J connectivity index is 2.39. The molecule has 1 aromatic rings. The molecule has 0 amide bonds. The molecule has 1 aromatic carbocycles. The molecule has 0 aliphatic heterocycles. The second-order valence-electron chi connectivity index (χ2n) is 3.51. The predicted molar refractivity (Wildman–Crippen MR) is 57.1 cm³/mol. The summed E-state index contributed by atoms with van der Waals surface area (Å²) < 4.78 is 40.6. The molecule has 0 unspecified atom stereocenters. The quantitative estimate of drug-likeness (QED) is 0.605. The van der Waals surface area contributed by atoms with Crippen molar-refractivity contribution in [2.24, 2.45) is 0 Å². The molecule has 3 nitrogen and oxygen atoms in total. The Hall–Kier alpha value is -1.21. The van der Waals surface area contributed by atoms with Crippen molar-refractivity contribution in [1.29, 1.82) is 0 Å². The first-order valence-corrected chi connectivity index (χ1v) is 5.04. The summed E-state index contributed by atoms with van der Waals surface area (Å²) in [5.74, 6) is 0.317. The van der Waals surface area contributed by atoms with Gasteiger partial charge in [0.15, 0.2) is 0 Å². The average molecular weight is 248 g/mol. The molecule has 1 rings (SSSR count). The summed E-state index contributed by atoms with van der Waals surface area (Å²) in [4.78, 5) is 0. The molecule has 7 heteroatoms. The van der Waals surface area contributed by atoms with Crippen LogP contribution in [0.3, 0.4) is 0 Å². The van der Waals surface area contributed by atoms with E-state index in [9.17, 15) is 13.2 Å². The van der Waals surface area contributed by atoms with Crippen LogP contribution in [0.15, 0.2) is 24.3 Å². The molecule has 0 saturated carbocycles. The topological polar surface area (TPSA) is 49.7 Å². The van der Waals surface area contributed by atoms with Gasteiger partial charge in [-0.15, -0.1) is 0 Å². The van der Waals surface area contributed by atoms with Crippen LogP contribution < -0.4 is 10.2 Å². The highest BCUT2D eigenvalue weighted by Crippen LogP contribution is 2.21. The van der Waals surface area contributed by atoms with Crippen LogP contribution in [0.4, 0.5) is 13.2 Å². The van der Waals surface area contributed by atoms with E-state index in [1.807, 2.05) is 0 Å². The lowest BCUT2D eigenvalue weighted by molar-refractivity contribution is -0.136. The van der Waals surface area contributed by atoms with Gasteiger partial charge in [-0.05, 0) is 24.0 Å². The molecule has 17 heavy (non-hydrogen) atoms. The van der Waals surface area contributed by atoms with Crippen LogP contribution in [0.5, 0.6) is 5.75 Å². The van der Waals surface area contributed by atoms with Crippen molar-refractivity contribution in [3.63, 3.8) is 0 Å². The molecule has 2 N–H and O–H groups in total. The van der Waals surface area contributed by atoms with Crippen LogP contribution in [-0.2, 0) is 0 Å². The molecule has 0 fully saturated rings. The van der Waals surface area contributed by atoms with E-state index in [-0.39, 0.29) is 18.5 Å². The third-order valence-corrected chi connectivity index (χ3v) is 2.03. The van der Waals surface area contributed by atoms with E-state index in [1.165, 1.54) is 18.2 Å². The minimum Gasteiger partial charge on any atom is -0.494 e. The van der Waals surface area contributed by atoms with Gasteiger partial charge < -0.3 is 14.8 Å². The Labute approximate surface area is 97.0 Å². The van der Waals surface area contributed by atoms with Gasteiger partial charge >= 0.3 is 13.3 Å². The fraction of sp³-hybridized carbons (Fsp3) is 0.400. The normalized spacial score (nSPS) is 11.4. The van der Waals surface area contributed by atoms with Gasteiger partial charge in [-0.25, -0.2) is 0 Å². The predicted octanol–water partition coefficient (Wildman–Crippen LogP) is 1.09. The Morgan fingerprint density at radius 2 is 1.94 bits per heavy atom. The maximum atomic E-state index is 11.8. The monoisotopic (exact) mass is 248 g/mol. The van der Waals surface area contributed by atoms with Crippen LogP contribution >= 0.6 is 0 Å². The van der Waals surface area contributed by atoms with Gasteiger partial charge in [-0.1, -0.05) is 12.1 Å². The highest BCUT2D eigenvalue weighted by atomic mass is 19.4. The molecular weight excluding hydrogens is 236 g/mol. The van der Waals surface area contributed by atoms with Gasteiger partial charge in [0.05, 0.1) is 6.61 Å². The van der Waals surface area contributed by atoms with Crippen molar-refractivity contribution in [3.8, 4) is 5.75 Å². The number of halogens is 3. The molecule has 0 aliphatic carbocycles. The molecule has 0 spiro atoms. The van der Waals surface area contributed by atoms with E-state index in [4.69, 9.17) is 14.8 Å². The molecule has 0 saturated heterocycles. The molecule has 0 atom stereocenters. The first-order valence-electron chi connectivity index (χ1n) is 5.04. The van der Waals surface area contributed by atoms with Gasteiger partial charge in [0, 0.05) is 6.42 Å². The zero-order chi connectivity index (χ0) is 12.9. The molecule has 0 heterocycles. The fourth-order valence-electron chi connectivity index (χ4n) is 1.23. The smallest absolute Gasteiger partial charge is 0.488 e. The SMILES string of the molecule is OB(O)c1cccc(OCCCC(F)(F)F)c1. The summed E-state index contributed by atoms with van der Waals surface area (Å²) >= 11 is 0. The molecule has 0 aliphatic rings. The van der Waals surface area contributed by atoms with Gasteiger partial charge in [-0.2, -0.15) is 13.2 Å². The summed E-state index contributed by atoms with van der Waals surface area (Å²) in [5.41, 5.74) is 0.235. The van der Waals surface area contributed by atoms with Gasteiger partial charge in [0.1, 0.15) is 5.75 Å². The van der Waals surface area contributed by atoms with Gasteiger partial charge in [-0.3, -0.25) is 0 Å². The zero-order valence-corrected chi connectivity index (χ0v) is 8.94. The Morgan fingerprint density at radius 1 is 1.24 bits per heavy atom. The second-order valence-corrected chi connectivity index (χ2v) is 3.51. The molecule has 0 aromatic heterocycles. The Morgan fingerprint density at radius 3 is 2.53 bits per heavy atom. The Kier molecular flexibility index (Phi) is 4.83. The van der Waals surface area contributed by atoms with Crippen molar-refractivity contribution < 1.29 is 28.0 Å². The van der Waals surface area contributed by atoms with Gasteiger partial charge in [0.25, 0.3) is 0 Å². The van der Waals surface area contributed by atoms with Crippen LogP contribution in [0.2, 0.25) is 0 Å². The van der Waals surface area contributed by atoms with Crippen LogP contribution in [0.1, 0.15) is 12.8 Å². The lowest BCUT2D eigenvalue weighted by Crippen LogP contribution is -2.29. The van der Waals surface area contributed by atoms with E-state index in [0.717, 1.165) is 0 Å². The molecular formula is C10H12BF3O3. The van der Waals surface area contributed by atoms with E-state index in [2.05, 4.69) is 0 Å². The van der Waals surface area contributed by atoms with E-state index < -0.39 is 19.7 Å². The van der Waals surface area contributed by atoms with Crippen LogP contribution in [0, 0.1) is 0 Å². The summed E-state index contributed by atoms with van der Waals surface area (Å²) in [7, 11) is -1.62. The highest BCUT2D eigenvalue weighted by molar-refractivity contribution is 6.58. The number of benzene rings is 1. The third-order valence-electron chi connectivity index (χ3n) is 2.03. The summed E-state index contributed by atoms with van der Waals surface area (Å²) in [5, 5.41) is 17.8. The zero-order valence-electron chi connectivity index (χ0n) is 8.94. The molecule has 94 valence electrons. The first kappa shape index (κ1) is 13.9. The van der Waals surface area contributed by atoms with E-state index in [1.54, 1.807) is 6.07 Å². The molecule has 0 bridgehead atoms. The number of hydrogen-bond acceptors (Lipinski definition) is 3. The van der Waals surface area contributed by atoms with Crippen molar-refractivity contribution in [2.45, 2.75) is 19.0 Å². The summed E-state index contributed by atoms with van der Waals surface area (Å²) in [6.07, 6.45) is -5.20. The lowest BCUT2D eigenvalue weighted by Gasteiger charge is -2.09. The fourth-order valence-corrected chi connectivity index (χ4v) is 1.23. The Bertz CT molecular complexity index is 355. The summed E-state index contributed by atoms with van der Waals surface area (Å²) in [6, 6.07) is 5.93. The largest absolute Gasteiger partial charge is 0.494 e. The maximum absolute atomic E-state index is 11.8. The molecule has 0 radical (unpaired) electrons. The lowest BCUT2D eigenvalue weighted by atomic mass is 9.80. The standard InChI is InChI=1S/C10H12BF3O3/c12-10(13,14)5-2-6-17-9-4-1-3-8(7-9)11(15)16/h1,3-4,7,15-16H,2,5-6H2. The van der Waals surface area contributed by atoms with Crippen molar-refractivity contribution in [2.75, 3.05) is 6.61 Å². The average Bonchev–Trinajstić information content (AvgIpc) is 2.23. The number of rotatable bonds is 5. The number of alkyl halides is 3. The first-order chi connectivity index (χ1) is 7.88. The number of hydrogen-bond donors (Lipinski definition) is 2. The highest BCUT2D eigenvalue weighted by Gasteiger charge is 2.26. The van der Waals surface area contributed by atoms with E-state index in [0.29, 0.717) is 5.75 Å². The third kappa shape index (κ3) is 5.60. The number of ether oxygens (including phenoxy) is 1. The van der Waals surface area contributed by atoms with Gasteiger partial charge in [0.2, 0.25) is 0 Å². The van der Waals surface area contributed by atoms with E-state index >= 15 is 0 Å². The minimum atomic E-state index is -4.17. The second kappa shape index (κ2) is 5.93. The van der Waals surface area contributed by atoms with Crippen molar-refractivity contribution >= 4 is 12.6 Å². The maximum Gasteiger partial charge on any atom is 0.488 e. The summed E-state index contributed by atoms with van der Waals surface area (Å²) in [6.45, 7) is -0.0650. The van der Waals surface area contributed by atoms with Crippen LogP contribution in [0.25, 0.3) is 0 Å². The van der Waals surface area contributed by atoms with Crippen LogP contribution in [-0.4, -0.2) is 29.9 Å². The van der Waals surface area contributed by atoms with Crippen molar-refractivity contribution in [3.05, 3.63) is 24.3 Å².